The average molecular weight is 227 g/mol. The molecule has 80 valence electrons. The van der Waals surface area contributed by atoms with Crippen molar-refractivity contribution in [2.45, 2.75) is 0 Å². The van der Waals surface area contributed by atoms with Crippen molar-refractivity contribution in [3.63, 3.8) is 0 Å². The van der Waals surface area contributed by atoms with Gasteiger partial charge < -0.3 is 17.2 Å². The van der Waals surface area contributed by atoms with Crippen LogP contribution in [0.4, 0.5) is 5.69 Å². The molecular weight excluding hydrogens is 216 g/mol. The van der Waals surface area contributed by atoms with Gasteiger partial charge in [0.05, 0.1) is 5.69 Å². The molecule has 7 heteroatoms. The molecule has 0 atom stereocenters. The van der Waals surface area contributed by atoms with E-state index in [0.29, 0.717) is 5.69 Å². The molecule has 6 nitrogen and oxygen atoms in total. The van der Waals surface area contributed by atoms with Crippen LogP contribution >= 0.6 is 11.8 Å². The summed E-state index contributed by atoms with van der Waals surface area (Å²) in [6.07, 6.45) is 0. The van der Waals surface area contributed by atoms with E-state index in [4.69, 9.17) is 29.0 Å². The van der Waals surface area contributed by atoms with Gasteiger partial charge in [0.25, 0.3) is 0 Å². The van der Waals surface area contributed by atoms with Crippen molar-refractivity contribution in [1.29, 1.82) is 0 Å². The molecule has 0 unspecified atom stereocenters. The topological polar surface area (TPSA) is 106 Å². The van der Waals surface area contributed by atoms with E-state index in [2.05, 4.69) is 10.2 Å². The lowest BCUT2D eigenvalue weighted by Crippen LogP contribution is -2.30. The number of nitrogens with two attached hydrogens (primary N) is 3. The molecule has 6 N–H and O–H groups in total. The Bertz CT molecular complexity index is 370. The molecule has 0 heterocycles. The number of guanidine groups is 2. The van der Waals surface area contributed by atoms with Crippen molar-refractivity contribution in [2.24, 2.45) is 27.4 Å². The van der Waals surface area contributed by atoms with E-state index < -0.39 is 0 Å². The Morgan fingerprint density at radius 2 is 1.67 bits per heavy atom. The highest BCUT2D eigenvalue weighted by Gasteiger charge is 2.06. The predicted molar refractivity (Wildman–Crippen MR) is 62.2 cm³/mol. The molecule has 1 aromatic rings. The van der Waals surface area contributed by atoms with Crippen LogP contribution in [0.15, 0.2) is 40.5 Å². The number of rotatable bonds is 2. The first-order valence-corrected chi connectivity index (χ1v) is 4.38. The van der Waals surface area contributed by atoms with E-state index in [0.717, 1.165) is 4.42 Å². The van der Waals surface area contributed by atoms with Crippen LogP contribution in [0.3, 0.4) is 0 Å². The van der Waals surface area contributed by atoms with Gasteiger partial charge in [-0.2, -0.15) is 0 Å². The van der Waals surface area contributed by atoms with E-state index in [-0.39, 0.29) is 11.9 Å². The number of benzene rings is 1. The summed E-state index contributed by atoms with van der Waals surface area (Å²) in [5.41, 5.74) is 16.4. The van der Waals surface area contributed by atoms with Gasteiger partial charge in [0.15, 0.2) is 0 Å². The van der Waals surface area contributed by atoms with Crippen LogP contribution in [0.2, 0.25) is 0 Å². The zero-order valence-electron chi connectivity index (χ0n) is 7.84. The fraction of sp³-hybridized carbons (Fsp3) is 0. The highest BCUT2D eigenvalue weighted by molar-refractivity contribution is 6.36. The molecular formula is C8H11ClN6. The van der Waals surface area contributed by atoms with Gasteiger partial charge in [0, 0.05) is 11.8 Å². The number of nitrogens with zero attached hydrogens (tertiary/aromatic N) is 3. The predicted octanol–water partition coefficient (Wildman–Crippen LogP) is 0.150. The van der Waals surface area contributed by atoms with Crippen molar-refractivity contribution in [1.82, 2.24) is 0 Å². The van der Waals surface area contributed by atoms with Gasteiger partial charge in [-0.25, -0.2) is 4.42 Å². The lowest BCUT2D eigenvalue weighted by Gasteiger charge is -2.12. The minimum atomic E-state index is -0.184. The maximum Gasteiger partial charge on any atom is 0.236 e. The van der Waals surface area contributed by atoms with Crippen LogP contribution in [0, 0.1) is 0 Å². The Balaban J connectivity index is 2.82. The molecule has 0 amide bonds. The smallest absolute Gasteiger partial charge is 0.236 e. The lowest BCUT2D eigenvalue weighted by atomic mass is 10.3. The SMILES string of the molecule is NC(N)=N/N=C(\N)N(Cl)c1ccccc1. The second-order valence-corrected chi connectivity index (χ2v) is 2.94. The Hall–Kier alpha value is -1.95. The normalized spacial score (nSPS) is 10.9. The summed E-state index contributed by atoms with van der Waals surface area (Å²) in [6, 6.07) is 9.03. The van der Waals surface area contributed by atoms with E-state index in [1.54, 1.807) is 12.1 Å². The number of hydrogen-bond acceptors (Lipinski definition) is 2. The summed E-state index contributed by atoms with van der Waals surface area (Å²) in [7, 11) is 0. The van der Waals surface area contributed by atoms with Crippen LogP contribution in [0.25, 0.3) is 0 Å². The van der Waals surface area contributed by atoms with Gasteiger partial charge in [0.1, 0.15) is 0 Å². The zero-order valence-corrected chi connectivity index (χ0v) is 8.59. The second kappa shape index (κ2) is 5.06. The monoisotopic (exact) mass is 226 g/mol. The summed E-state index contributed by atoms with van der Waals surface area (Å²) in [5, 5.41) is 6.91. The summed E-state index contributed by atoms with van der Waals surface area (Å²) in [4.78, 5) is 0. The lowest BCUT2D eigenvalue weighted by molar-refractivity contribution is 1.17. The molecule has 0 radical (unpaired) electrons. The fourth-order valence-corrected chi connectivity index (χ4v) is 0.986. The molecule has 0 spiro atoms. The fourth-order valence-electron chi connectivity index (χ4n) is 0.839. The van der Waals surface area contributed by atoms with Crippen LogP contribution in [0.5, 0.6) is 0 Å². The Morgan fingerprint density at radius 1 is 1.07 bits per heavy atom. The molecule has 0 aliphatic heterocycles. The summed E-state index contributed by atoms with van der Waals surface area (Å²) in [5.74, 6) is -0.202. The quantitative estimate of drug-likeness (QED) is 0.289. The third kappa shape index (κ3) is 3.35. The third-order valence-electron chi connectivity index (χ3n) is 1.45. The molecule has 0 aliphatic carbocycles. The third-order valence-corrected chi connectivity index (χ3v) is 1.82. The summed E-state index contributed by atoms with van der Waals surface area (Å²) < 4.78 is 1.15. The summed E-state index contributed by atoms with van der Waals surface area (Å²) >= 11 is 5.87. The largest absolute Gasteiger partial charge is 0.369 e. The zero-order chi connectivity index (χ0) is 11.3. The molecule has 0 fully saturated rings. The average Bonchev–Trinajstić information content (AvgIpc) is 2.26. The van der Waals surface area contributed by atoms with Crippen LogP contribution in [0.1, 0.15) is 0 Å². The first kappa shape index (κ1) is 11.1. The molecule has 0 aromatic heterocycles. The van der Waals surface area contributed by atoms with Crippen molar-refractivity contribution in [3.05, 3.63) is 30.3 Å². The molecule has 15 heavy (non-hydrogen) atoms. The number of anilines is 1. The van der Waals surface area contributed by atoms with Gasteiger partial charge in [-0.15, -0.1) is 10.2 Å². The molecule has 1 rings (SSSR count). The first-order chi connectivity index (χ1) is 7.11. The maximum absolute atomic E-state index is 5.87. The number of hydrogen-bond donors (Lipinski definition) is 3. The van der Waals surface area contributed by atoms with E-state index in [1.165, 1.54) is 0 Å². The minimum absolute atomic E-state index is 0.0173. The van der Waals surface area contributed by atoms with Crippen molar-refractivity contribution in [2.75, 3.05) is 4.42 Å². The van der Waals surface area contributed by atoms with Gasteiger partial charge in [0.2, 0.25) is 11.9 Å². The molecule has 0 aliphatic rings. The Morgan fingerprint density at radius 3 is 2.20 bits per heavy atom. The van der Waals surface area contributed by atoms with E-state index in [1.807, 2.05) is 18.2 Å². The van der Waals surface area contributed by atoms with Gasteiger partial charge in [-0.1, -0.05) is 18.2 Å². The maximum atomic E-state index is 5.87. The van der Waals surface area contributed by atoms with Crippen molar-refractivity contribution < 1.29 is 0 Å². The second-order valence-electron chi connectivity index (χ2n) is 2.60. The summed E-state index contributed by atoms with van der Waals surface area (Å²) in [6.45, 7) is 0. The number of halogens is 1. The highest BCUT2D eigenvalue weighted by atomic mass is 35.5. The van der Waals surface area contributed by atoms with Crippen molar-refractivity contribution in [3.8, 4) is 0 Å². The molecule has 0 saturated heterocycles. The van der Waals surface area contributed by atoms with Crippen LogP contribution in [-0.4, -0.2) is 11.9 Å². The number of para-hydroxylation sites is 1. The molecule has 0 saturated carbocycles. The van der Waals surface area contributed by atoms with Crippen LogP contribution in [-0.2, 0) is 0 Å². The highest BCUT2D eigenvalue weighted by Crippen LogP contribution is 2.14. The van der Waals surface area contributed by atoms with Crippen molar-refractivity contribution >= 4 is 29.4 Å². The first-order valence-electron chi connectivity index (χ1n) is 4.04. The minimum Gasteiger partial charge on any atom is -0.369 e. The Labute approximate surface area is 92.1 Å². The van der Waals surface area contributed by atoms with Gasteiger partial charge >= 0.3 is 0 Å². The van der Waals surface area contributed by atoms with Gasteiger partial charge in [-0.05, 0) is 12.1 Å². The van der Waals surface area contributed by atoms with E-state index in [9.17, 15) is 0 Å². The standard InChI is InChI=1S/C8H11ClN6/c9-15(6-4-2-1-3-5-6)8(12)14-13-7(10)11/h1-5H,(H2,12,14)(H4,10,11,13). The molecule has 0 bridgehead atoms. The van der Waals surface area contributed by atoms with Gasteiger partial charge in [-0.3, -0.25) is 0 Å². The molecule has 1 aromatic carbocycles. The van der Waals surface area contributed by atoms with Crippen LogP contribution < -0.4 is 21.6 Å². The Kier molecular flexibility index (Phi) is 3.75. The van der Waals surface area contributed by atoms with E-state index >= 15 is 0 Å².